The third-order valence-corrected chi connectivity index (χ3v) is 8.32. The maximum atomic E-state index is 15.6. The van der Waals surface area contributed by atoms with Crippen LogP contribution in [0.25, 0.3) is 22.5 Å². The molecule has 0 atom stereocenters. The monoisotopic (exact) mass is 577 g/mol. The lowest BCUT2D eigenvalue weighted by Crippen LogP contribution is -2.25. The number of hydrogen-bond acceptors (Lipinski definition) is 3. The van der Waals surface area contributed by atoms with Crippen LogP contribution in [0.2, 0.25) is 0 Å². The first-order valence-electron chi connectivity index (χ1n) is 14.9. The molecule has 0 fully saturated rings. The molecule has 0 bridgehead atoms. The van der Waals surface area contributed by atoms with E-state index in [4.69, 9.17) is 4.98 Å². The molecule has 5 rings (SSSR count). The fraction of sp³-hybridized carbons (Fsp3) is 0.243. The van der Waals surface area contributed by atoms with E-state index in [0.717, 1.165) is 55.7 Å². The Bertz CT molecular complexity index is 1670. The van der Waals surface area contributed by atoms with Crippen LogP contribution in [0.4, 0.5) is 20.2 Å². The number of hydrogen-bond donors (Lipinski definition) is 1. The molecule has 0 unspecified atom stereocenters. The minimum Gasteiger partial charge on any atom is -0.507 e. The number of phenols is 1. The summed E-state index contributed by atoms with van der Waals surface area (Å²) in [7, 11) is 0. The van der Waals surface area contributed by atoms with Gasteiger partial charge in [-0.1, -0.05) is 89.1 Å². The molecule has 1 aliphatic rings. The quantitative estimate of drug-likeness (QED) is 0.143. The summed E-state index contributed by atoms with van der Waals surface area (Å²) in [4.78, 5) is 10.9. The average molecular weight is 578 g/mol. The number of nitrogens with zero attached hydrogens (tertiary/aromatic N) is 3. The third-order valence-electron chi connectivity index (χ3n) is 8.32. The molecular formula is C37H37F2N3O. The molecule has 43 heavy (non-hydrogen) atoms. The predicted molar refractivity (Wildman–Crippen MR) is 173 cm³/mol. The summed E-state index contributed by atoms with van der Waals surface area (Å²) in [5, 5.41) is 11.1. The lowest BCUT2D eigenvalue weighted by molar-refractivity contribution is 0.412. The molecule has 0 radical (unpaired) electrons. The number of aromatic nitrogens is 1. The van der Waals surface area contributed by atoms with Crippen LogP contribution in [0.1, 0.15) is 63.5 Å². The summed E-state index contributed by atoms with van der Waals surface area (Å²) in [5.41, 5.74) is 4.40. The fourth-order valence-corrected chi connectivity index (χ4v) is 6.31. The number of para-hydroxylation sites is 1. The first kappa shape index (κ1) is 29.9. The van der Waals surface area contributed by atoms with Crippen molar-refractivity contribution >= 4 is 17.2 Å². The molecule has 4 nitrogen and oxygen atoms in total. The van der Waals surface area contributed by atoms with Crippen LogP contribution < -0.4 is 4.90 Å². The maximum Gasteiger partial charge on any atom is 0.150 e. The van der Waals surface area contributed by atoms with Crippen LogP contribution >= 0.6 is 0 Å². The van der Waals surface area contributed by atoms with Crippen molar-refractivity contribution in [1.82, 2.24) is 4.98 Å². The standard InChI is InChI=1S/C37H37F2N3O/c1-5-9-21-37(22-10-6-2)27-17-14-18-33(43)35(27)36-28(37)19-20-31(41-36)26-23-32(30(39)24-29(26)38)42(34(7-3)40-8-4)25-15-12-11-13-16-25/h7-8,11-20,23-24,43H,3-6,9-10,21-22H2,1-2H3/b40-34+. The van der Waals surface area contributed by atoms with Gasteiger partial charge >= 0.3 is 0 Å². The number of benzene rings is 3. The van der Waals surface area contributed by atoms with E-state index in [0.29, 0.717) is 28.5 Å². The highest BCUT2D eigenvalue weighted by atomic mass is 19.1. The highest BCUT2D eigenvalue weighted by molar-refractivity contribution is 6.11. The van der Waals surface area contributed by atoms with Crippen LogP contribution in [0.15, 0.2) is 103 Å². The smallest absolute Gasteiger partial charge is 0.150 e. The van der Waals surface area contributed by atoms with Gasteiger partial charge in [-0.3, -0.25) is 4.90 Å². The normalized spacial score (nSPS) is 13.3. The van der Waals surface area contributed by atoms with Crippen LogP contribution in [0, 0.1) is 11.6 Å². The van der Waals surface area contributed by atoms with E-state index in [2.05, 4.69) is 38.1 Å². The zero-order valence-electron chi connectivity index (χ0n) is 24.8. The minimum atomic E-state index is -0.758. The Morgan fingerprint density at radius 3 is 2.28 bits per heavy atom. The SMILES string of the molecule is C=C/N=C(\C=C)N(c1ccccc1)c1cc(-c2ccc3c(n2)-c2c(O)cccc2C3(CCCC)CCCC)c(F)cc1F. The van der Waals surface area contributed by atoms with Gasteiger partial charge in [0.1, 0.15) is 23.2 Å². The Kier molecular flexibility index (Phi) is 8.86. The summed E-state index contributed by atoms with van der Waals surface area (Å²) in [5.74, 6) is -1.01. The highest BCUT2D eigenvalue weighted by Gasteiger charge is 2.44. The molecule has 0 saturated carbocycles. The van der Waals surface area contributed by atoms with Gasteiger partial charge in [-0.2, -0.15) is 0 Å². The van der Waals surface area contributed by atoms with Gasteiger partial charge < -0.3 is 5.11 Å². The van der Waals surface area contributed by atoms with Crippen LogP contribution in [0.3, 0.4) is 0 Å². The Hall–Kier alpha value is -4.58. The van der Waals surface area contributed by atoms with E-state index < -0.39 is 11.6 Å². The minimum absolute atomic E-state index is 0.0916. The molecule has 0 aliphatic heterocycles. The molecule has 4 aromatic rings. The molecule has 0 saturated heterocycles. The lowest BCUT2D eigenvalue weighted by Gasteiger charge is -2.32. The molecule has 6 heteroatoms. The topological polar surface area (TPSA) is 48.7 Å². The predicted octanol–water partition coefficient (Wildman–Crippen LogP) is 10.2. The van der Waals surface area contributed by atoms with E-state index >= 15 is 8.78 Å². The molecule has 3 aromatic carbocycles. The van der Waals surface area contributed by atoms with E-state index in [-0.39, 0.29) is 22.4 Å². The average Bonchev–Trinajstić information content (AvgIpc) is 3.30. The van der Waals surface area contributed by atoms with Crippen LogP contribution in [0.5, 0.6) is 5.75 Å². The zero-order valence-corrected chi connectivity index (χ0v) is 24.8. The van der Waals surface area contributed by atoms with Crippen molar-refractivity contribution in [3.63, 3.8) is 0 Å². The summed E-state index contributed by atoms with van der Waals surface area (Å²) in [6.45, 7) is 11.9. The van der Waals surface area contributed by atoms with E-state index in [1.807, 2.05) is 48.5 Å². The lowest BCUT2D eigenvalue weighted by atomic mass is 9.71. The Labute approximate surface area is 252 Å². The van der Waals surface area contributed by atoms with Gasteiger partial charge in [-0.15, -0.1) is 0 Å². The first-order valence-corrected chi connectivity index (χ1v) is 14.9. The van der Waals surface area contributed by atoms with E-state index in [9.17, 15) is 5.11 Å². The van der Waals surface area contributed by atoms with Crippen molar-refractivity contribution in [2.45, 2.75) is 57.8 Å². The molecule has 0 spiro atoms. The fourth-order valence-electron chi connectivity index (χ4n) is 6.31. The molecular weight excluding hydrogens is 540 g/mol. The molecule has 1 heterocycles. The maximum absolute atomic E-state index is 15.6. The highest BCUT2D eigenvalue weighted by Crippen LogP contribution is 2.56. The van der Waals surface area contributed by atoms with Gasteiger partial charge in [0, 0.05) is 34.5 Å². The zero-order chi connectivity index (χ0) is 30.6. The molecule has 1 aliphatic carbocycles. The number of unbranched alkanes of at least 4 members (excludes halogenated alkanes) is 2. The summed E-state index contributed by atoms with van der Waals surface area (Å²) >= 11 is 0. The summed E-state index contributed by atoms with van der Waals surface area (Å²) in [6, 6.07) is 21.0. The van der Waals surface area contributed by atoms with E-state index in [1.165, 1.54) is 18.3 Å². The first-order chi connectivity index (χ1) is 20.9. The van der Waals surface area contributed by atoms with Crippen molar-refractivity contribution in [1.29, 1.82) is 0 Å². The molecule has 1 N–H and O–H groups in total. The number of aromatic hydroxyl groups is 1. The Morgan fingerprint density at radius 1 is 0.907 bits per heavy atom. The number of phenolic OH excluding ortho intramolecular Hbond substituents is 1. The number of rotatable bonds is 11. The molecule has 1 aromatic heterocycles. The van der Waals surface area contributed by atoms with Crippen LogP contribution in [-0.2, 0) is 5.41 Å². The van der Waals surface area contributed by atoms with Gasteiger partial charge in [0.2, 0.25) is 0 Å². The van der Waals surface area contributed by atoms with Crippen molar-refractivity contribution in [2.24, 2.45) is 4.99 Å². The number of amidine groups is 1. The second-order valence-electron chi connectivity index (χ2n) is 10.9. The van der Waals surface area contributed by atoms with E-state index in [1.54, 1.807) is 11.0 Å². The number of pyridine rings is 1. The number of anilines is 2. The number of halogens is 2. The largest absolute Gasteiger partial charge is 0.507 e. The summed E-state index contributed by atoms with van der Waals surface area (Å²) < 4.78 is 31.2. The Morgan fingerprint density at radius 2 is 1.63 bits per heavy atom. The van der Waals surface area contributed by atoms with Crippen molar-refractivity contribution in [3.05, 3.63) is 121 Å². The van der Waals surface area contributed by atoms with Gasteiger partial charge in [-0.25, -0.2) is 18.8 Å². The van der Waals surface area contributed by atoms with Crippen molar-refractivity contribution in [3.8, 4) is 28.3 Å². The van der Waals surface area contributed by atoms with Gasteiger partial charge in [0.15, 0.2) is 0 Å². The molecule has 0 amide bonds. The Balaban J connectivity index is 1.72. The number of fused-ring (bicyclic) bond motifs is 3. The van der Waals surface area contributed by atoms with Crippen molar-refractivity contribution < 1.29 is 13.9 Å². The van der Waals surface area contributed by atoms with Crippen LogP contribution in [-0.4, -0.2) is 15.9 Å². The summed E-state index contributed by atoms with van der Waals surface area (Å²) in [6.07, 6.45) is 8.87. The molecule has 220 valence electrons. The third kappa shape index (κ3) is 5.38. The number of aliphatic imine (C=N–C) groups is 1. The second-order valence-corrected chi connectivity index (χ2v) is 10.9. The van der Waals surface area contributed by atoms with Gasteiger partial charge in [0.25, 0.3) is 0 Å². The van der Waals surface area contributed by atoms with Crippen molar-refractivity contribution in [2.75, 3.05) is 4.90 Å². The van der Waals surface area contributed by atoms with Gasteiger partial charge in [0.05, 0.1) is 17.1 Å². The van der Waals surface area contributed by atoms with Gasteiger partial charge in [-0.05, 0) is 60.4 Å². The second kappa shape index (κ2) is 12.7.